The zero-order valence-electron chi connectivity index (χ0n) is 40.9. The van der Waals surface area contributed by atoms with Gasteiger partial charge in [0.25, 0.3) is 0 Å². The lowest BCUT2D eigenvalue weighted by atomic mass is 9.96. The standard InChI is InChI=1S/C46H72N12O13/c1-5-7-8-9-10-11-12-29(41(66)51-23-36(49)62)52-39(65)25-58(4)46(71)31-18-20-37(63)50-24-38(64)53-32(21-27-13-15-28(59)16-14-27)44(69)57-40(26(3)6-2)45(70)54-30(17-19-34(47)60)42(67)56-33(22-35(48)61)43(68)55-31/h13-16,26,29-33,40,59H,5-12,17-25H2,1-4H3,(H2,47,60)(H2,48,61)(H2,49,62)(H,50,63)(H,51,66)(H,52,65)(H,53,64)(H,54,70)(H,55,68)(H,56,67)(H,57,69). The highest BCUT2D eigenvalue weighted by Gasteiger charge is 2.36. The molecule has 0 saturated carbocycles. The van der Waals surface area contributed by atoms with Gasteiger partial charge in [0.05, 0.1) is 26.1 Å². The lowest BCUT2D eigenvalue weighted by Crippen LogP contribution is -2.61. The molecule has 1 aliphatic rings. The Kier molecular flexibility index (Phi) is 26.1. The van der Waals surface area contributed by atoms with E-state index in [0.717, 1.165) is 37.0 Å². The molecule has 0 aliphatic carbocycles. The quantitative estimate of drug-likeness (QED) is 0.0480. The average Bonchev–Trinajstić information content (AvgIpc) is 3.31. The van der Waals surface area contributed by atoms with Crippen LogP contribution in [0.25, 0.3) is 0 Å². The van der Waals surface area contributed by atoms with Crippen LogP contribution in [-0.4, -0.2) is 144 Å². The van der Waals surface area contributed by atoms with Gasteiger partial charge in [0, 0.05) is 26.3 Å². The Bertz CT molecular complexity index is 2050. The number of unbranched alkanes of at least 4 members (excludes halogenated alkanes) is 5. The average molecular weight is 1000 g/mol. The molecule has 0 aromatic heterocycles. The van der Waals surface area contributed by atoms with E-state index >= 15 is 0 Å². The normalized spacial score (nSPS) is 20.5. The van der Waals surface area contributed by atoms with Gasteiger partial charge < -0.3 is 69.7 Å². The number of aromatic hydroxyl groups is 1. The molecule has 394 valence electrons. The van der Waals surface area contributed by atoms with Crippen molar-refractivity contribution in [2.24, 2.45) is 23.1 Å². The zero-order chi connectivity index (χ0) is 53.2. The number of carbonyl (C=O) groups is 12. The van der Waals surface area contributed by atoms with Crippen LogP contribution < -0.4 is 59.7 Å². The topological polar surface area (TPSA) is 403 Å². The molecule has 1 aromatic carbocycles. The number of rotatable bonds is 23. The van der Waals surface area contributed by atoms with Gasteiger partial charge >= 0.3 is 0 Å². The van der Waals surface area contributed by atoms with Crippen LogP contribution in [0.15, 0.2) is 24.3 Å². The molecule has 25 heteroatoms. The number of primary amides is 3. The summed E-state index contributed by atoms with van der Waals surface area (Å²) in [5.74, 6) is -11.6. The number of hydrogen-bond donors (Lipinski definition) is 12. The van der Waals surface area contributed by atoms with Crippen molar-refractivity contribution >= 4 is 70.9 Å². The number of nitrogens with two attached hydrogens (primary N) is 3. The summed E-state index contributed by atoms with van der Waals surface area (Å²) in [7, 11) is 1.19. The number of phenols is 1. The third kappa shape index (κ3) is 22.8. The highest BCUT2D eigenvalue weighted by Crippen LogP contribution is 2.15. The van der Waals surface area contributed by atoms with Crippen LogP contribution in [-0.2, 0) is 64.0 Å². The molecule has 7 atom stereocenters. The Morgan fingerprint density at radius 2 is 1.37 bits per heavy atom. The first-order chi connectivity index (χ1) is 33.5. The third-order valence-corrected chi connectivity index (χ3v) is 11.6. The largest absolute Gasteiger partial charge is 0.508 e. The second kappa shape index (κ2) is 31.0. The molecule has 1 heterocycles. The summed E-state index contributed by atoms with van der Waals surface area (Å²) in [4.78, 5) is 159. The van der Waals surface area contributed by atoms with Crippen LogP contribution in [0.4, 0.5) is 0 Å². The summed E-state index contributed by atoms with van der Waals surface area (Å²) in [6, 6.07) is -3.22. The summed E-state index contributed by atoms with van der Waals surface area (Å²) >= 11 is 0. The number of amides is 12. The second-order valence-electron chi connectivity index (χ2n) is 17.6. The Hall–Kier alpha value is -7.34. The maximum absolute atomic E-state index is 14.1. The molecule has 1 aliphatic heterocycles. The molecule has 1 saturated heterocycles. The van der Waals surface area contributed by atoms with Crippen molar-refractivity contribution in [2.75, 3.05) is 26.7 Å². The lowest BCUT2D eigenvalue weighted by Gasteiger charge is -2.29. The molecule has 25 nitrogen and oxygen atoms in total. The minimum atomic E-state index is -1.83. The molecule has 0 bridgehead atoms. The van der Waals surface area contributed by atoms with Crippen LogP contribution in [0.2, 0.25) is 0 Å². The minimum absolute atomic E-state index is 0.0703. The monoisotopic (exact) mass is 1000 g/mol. The van der Waals surface area contributed by atoms with E-state index in [1.165, 1.54) is 31.3 Å². The first-order valence-corrected chi connectivity index (χ1v) is 23.8. The van der Waals surface area contributed by atoms with E-state index in [-0.39, 0.29) is 18.6 Å². The molecule has 15 N–H and O–H groups in total. The number of phenolic OH excluding ortho intramolecular Hbond substituents is 1. The van der Waals surface area contributed by atoms with Crippen molar-refractivity contribution in [2.45, 2.75) is 147 Å². The van der Waals surface area contributed by atoms with E-state index in [1.54, 1.807) is 13.8 Å². The molecule has 7 unspecified atom stereocenters. The van der Waals surface area contributed by atoms with Crippen molar-refractivity contribution in [3.63, 3.8) is 0 Å². The van der Waals surface area contributed by atoms with Crippen molar-refractivity contribution < 1.29 is 62.6 Å². The summed E-state index contributed by atoms with van der Waals surface area (Å²) in [5.41, 5.74) is 16.5. The number of nitrogens with one attached hydrogen (secondary N) is 8. The van der Waals surface area contributed by atoms with Crippen molar-refractivity contribution in [1.82, 2.24) is 47.4 Å². The van der Waals surface area contributed by atoms with Crippen molar-refractivity contribution in [1.29, 1.82) is 0 Å². The van der Waals surface area contributed by atoms with Crippen LogP contribution in [0, 0.1) is 5.92 Å². The van der Waals surface area contributed by atoms with Crippen molar-refractivity contribution in [3.05, 3.63) is 29.8 Å². The van der Waals surface area contributed by atoms with Gasteiger partial charge in [-0.05, 0) is 42.9 Å². The lowest BCUT2D eigenvalue weighted by molar-refractivity contribution is -0.140. The fraction of sp³-hybridized carbons (Fsp3) is 0.609. The Morgan fingerprint density at radius 1 is 0.746 bits per heavy atom. The zero-order valence-corrected chi connectivity index (χ0v) is 40.9. The van der Waals surface area contributed by atoms with Gasteiger partial charge in [-0.25, -0.2) is 0 Å². The third-order valence-electron chi connectivity index (χ3n) is 11.6. The highest BCUT2D eigenvalue weighted by atomic mass is 16.3. The Labute approximate surface area is 412 Å². The van der Waals surface area contributed by atoms with Crippen LogP contribution >= 0.6 is 0 Å². The fourth-order valence-electron chi connectivity index (χ4n) is 7.34. The molecule has 1 fully saturated rings. The fourth-order valence-corrected chi connectivity index (χ4v) is 7.34. The number of benzene rings is 1. The van der Waals surface area contributed by atoms with Crippen LogP contribution in [0.1, 0.15) is 110 Å². The van der Waals surface area contributed by atoms with E-state index in [4.69, 9.17) is 17.2 Å². The molecular weight excluding hydrogens is 929 g/mol. The van der Waals surface area contributed by atoms with Gasteiger partial charge in [-0.15, -0.1) is 0 Å². The molecule has 12 amide bonds. The predicted octanol–water partition coefficient (Wildman–Crippen LogP) is -3.25. The summed E-state index contributed by atoms with van der Waals surface area (Å²) in [5, 5.41) is 29.5. The van der Waals surface area contributed by atoms with Gasteiger partial charge in [0.15, 0.2) is 0 Å². The van der Waals surface area contributed by atoms with E-state index in [2.05, 4.69) is 49.5 Å². The maximum Gasteiger partial charge on any atom is 0.245 e. The van der Waals surface area contributed by atoms with Crippen molar-refractivity contribution in [3.8, 4) is 5.75 Å². The maximum atomic E-state index is 14.1. The van der Waals surface area contributed by atoms with E-state index in [9.17, 15) is 62.6 Å². The van der Waals surface area contributed by atoms with Gasteiger partial charge in [-0.2, -0.15) is 0 Å². The van der Waals surface area contributed by atoms with Gasteiger partial charge in [0.1, 0.15) is 42.0 Å². The number of nitrogens with zero attached hydrogens (tertiary/aromatic N) is 1. The van der Waals surface area contributed by atoms with Gasteiger partial charge in [0.2, 0.25) is 70.9 Å². The van der Waals surface area contributed by atoms with Crippen LogP contribution in [0.3, 0.4) is 0 Å². The first-order valence-electron chi connectivity index (χ1n) is 23.8. The summed E-state index contributed by atoms with van der Waals surface area (Å²) in [6.45, 7) is 3.55. The van der Waals surface area contributed by atoms with E-state index in [0.29, 0.717) is 18.4 Å². The molecular formula is C46H72N12O13. The predicted molar refractivity (Wildman–Crippen MR) is 255 cm³/mol. The molecule has 0 radical (unpaired) electrons. The summed E-state index contributed by atoms with van der Waals surface area (Å²) < 4.78 is 0. The first kappa shape index (κ1) is 59.8. The van der Waals surface area contributed by atoms with Gasteiger partial charge in [-0.3, -0.25) is 57.5 Å². The van der Waals surface area contributed by atoms with Gasteiger partial charge in [-0.1, -0.05) is 77.8 Å². The SMILES string of the molecule is CCCCCCCCC(NC(=O)CN(C)C(=O)C1CCC(=O)NCC(=O)NC(Cc2ccc(O)cc2)C(=O)NC(C(C)CC)C(=O)NC(CCC(N)=O)C(=O)NC(CC(N)=O)C(=O)N1)C(=O)NCC(N)=O. The molecule has 2 rings (SSSR count). The number of likely N-dealkylation sites (N-methyl/N-ethyl adjacent to an activating group) is 1. The molecule has 0 spiro atoms. The van der Waals surface area contributed by atoms with E-state index < -0.39 is 165 Å². The Morgan fingerprint density at radius 3 is 1.99 bits per heavy atom. The molecule has 71 heavy (non-hydrogen) atoms. The smallest absolute Gasteiger partial charge is 0.245 e. The minimum Gasteiger partial charge on any atom is -0.508 e. The van der Waals surface area contributed by atoms with Crippen LogP contribution in [0.5, 0.6) is 5.75 Å². The molecule has 1 aromatic rings. The van der Waals surface area contributed by atoms with E-state index in [1.807, 2.05) is 0 Å². The summed E-state index contributed by atoms with van der Waals surface area (Å²) in [6.07, 6.45) is 2.83. The highest BCUT2D eigenvalue weighted by molar-refractivity contribution is 5.99. The number of carbonyl (C=O) groups excluding carboxylic acids is 12. The Balaban J connectivity index is 2.55. The number of hydrogen-bond acceptors (Lipinski definition) is 13. The second-order valence-corrected chi connectivity index (χ2v) is 17.6.